The third-order valence-corrected chi connectivity index (χ3v) is 3.88. The van der Waals surface area contributed by atoms with Gasteiger partial charge in [-0.3, -0.25) is 4.99 Å². The quantitative estimate of drug-likeness (QED) is 0.434. The van der Waals surface area contributed by atoms with Crippen molar-refractivity contribution in [3.05, 3.63) is 0 Å². The first-order valence-electron chi connectivity index (χ1n) is 7.58. The summed E-state index contributed by atoms with van der Waals surface area (Å²) in [6.45, 7) is 8.40. The Kier molecular flexibility index (Phi) is 8.13. The van der Waals surface area contributed by atoms with Crippen molar-refractivity contribution in [2.24, 2.45) is 10.9 Å². The normalized spacial score (nSPS) is 21.3. The Morgan fingerprint density at radius 1 is 1.10 bits per heavy atom. The maximum absolute atomic E-state index is 5.75. The summed E-state index contributed by atoms with van der Waals surface area (Å²) in [4.78, 5) is 4.65. The molecule has 20 heavy (non-hydrogen) atoms. The van der Waals surface area contributed by atoms with Crippen LogP contribution in [-0.4, -0.2) is 44.6 Å². The number of rotatable bonds is 4. The molecule has 0 aromatic carbocycles. The van der Waals surface area contributed by atoms with E-state index in [9.17, 15) is 0 Å². The summed E-state index contributed by atoms with van der Waals surface area (Å²) >= 11 is 0. The van der Waals surface area contributed by atoms with Crippen molar-refractivity contribution in [1.82, 2.24) is 10.6 Å². The lowest BCUT2D eigenvalue weighted by Gasteiger charge is -2.34. The van der Waals surface area contributed by atoms with Gasteiger partial charge in [0.2, 0.25) is 0 Å². The molecule has 1 saturated heterocycles. The van der Waals surface area contributed by atoms with Gasteiger partial charge in [-0.05, 0) is 32.6 Å². The van der Waals surface area contributed by atoms with E-state index in [1.165, 1.54) is 0 Å². The van der Waals surface area contributed by atoms with Crippen LogP contribution < -0.4 is 10.6 Å². The molecular formula is C14H28IN3O2. The lowest BCUT2D eigenvalue weighted by molar-refractivity contribution is -0.181. The van der Waals surface area contributed by atoms with E-state index in [1.807, 2.05) is 0 Å². The fourth-order valence-electron chi connectivity index (χ4n) is 2.82. The molecule has 1 spiro atoms. The second-order valence-electron chi connectivity index (χ2n) is 5.30. The Bertz CT molecular complexity index is 289. The Balaban J connectivity index is 0.00000200. The summed E-state index contributed by atoms with van der Waals surface area (Å²) in [6, 6.07) is 0. The molecule has 1 aliphatic heterocycles. The van der Waals surface area contributed by atoms with Crippen LogP contribution in [0.25, 0.3) is 0 Å². The van der Waals surface area contributed by atoms with E-state index >= 15 is 0 Å². The third kappa shape index (κ3) is 5.04. The van der Waals surface area contributed by atoms with Crippen LogP contribution in [0.2, 0.25) is 0 Å². The number of hydrogen-bond donors (Lipinski definition) is 2. The standard InChI is InChI=1S/C14H27N3O2.HI/c1-3-15-13(16-4-2)17-11-12-5-7-14(8-6-12)18-9-10-19-14;/h12H,3-11H2,1-2H3,(H2,15,16,17);1H. The van der Waals surface area contributed by atoms with Crippen molar-refractivity contribution >= 4 is 29.9 Å². The Morgan fingerprint density at radius 3 is 2.15 bits per heavy atom. The van der Waals surface area contributed by atoms with Gasteiger partial charge in [-0.15, -0.1) is 24.0 Å². The van der Waals surface area contributed by atoms with Gasteiger partial charge in [0.25, 0.3) is 0 Å². The molecule has 0 atom stereocenters. The number of nitrogens with zero attached hydrogens (tertiary/aromatic N) is 1. The van der Waals surface area contributed by atoms with Crippen LogP contribution in [0.15, 0.2) is 4.99 Å². The summed E-state index contributed by atoms with van der Waals surface area (Å²) in [5.41, 5.74) is 0. The predicted octanol–water partition coefficient (Wildman–Crippen LogP) is 2.11. The fraction of sp³-hybridized carbons (Fsp3) is 0.929. The van der Waals surface area contributed by atoms with Crippen LogP contribution in [0.5, 0.6) is 0 Å². The zero-order chi connectivity index (χ0) is 13.6. The molecule has 1 saturated carbocycles. The molecule has 0 unspecified atom stereocenters. The van der Waals surface area contributed by atoms with Gasteiger partial charge in [-0.25, -0.2) is 0 Å². The first kappa shape index (κ1) is 18.0. The molecule has 6 heteroatoms. The molecule has 0 aromatic rings. The van der Waals surface area contributed by atoms with E-state index in [0.29, 0.717) is 5.92 Å². The molecule has 2 N–H and O–H groups in total. The van der Waals surface area contributed by atoms with Gasteiger partial charge in [-0.2, -0.15) is 0 Å². The monoisotopic (exact) mass is 397 g/mol. The van der Waals surface area contributed by atoms with E-state index in [2.05, 4.69) is 29.5 Å². The topological polar surface area (TPSA) is 54.9 Å². The van der Waals surface area contributed by atoms with Gasteiger partial charge in [0.15, 0.2) is 11.7 Å². The number of ether oxygens (including phenoxy) is 2. The highest BCUT2D eigenvalue weighted by molar-refractivity contribution is 14.0. The minimum Gasteiger partial charge on any atom is -0.357 e. The zero-order valence-corrected chi connectivity index (χ0v) is 14.9. The number of nitrogens with one attached hydrogen (secondary N) is 2. The van der Waals surface area contributed by atoms with Crippen molar-refractivity contribution in [1.29, 1.82) is 0 Å². The highest BCUT2D eigenvalue weighted by Gasteiger charge is 2.40. The van der Waals surface area contributed by atoms with Gasteiger partial charge in [0.05, 0.1) is 13.2 Å². The number of aliphatic imine (C=N–C) groups is 1. The van der Waals surface area contributed by atoms with E-state index in [-0.39, 0.29) is 29.8 Å². The predicted molar refractivity (Wildman–Crippen MR) is 91.7 cm³/mol. The van der Waals surface area contributed by atoms with Gasteiger partial charge in [0, 0.05) is 32.5 Å². The maximum Gasteiger partial charge on any atom is 0.191 e. The van der Waals surface area contributed by atoms with Crippen LogP contribution in [0.4, 0.5) is 0 Å². The van der Waals surface area contributed by atoms with Crippen molar-refractivity contribution in [2.45, 2.75) is 45.3 Å². The van der Waals surface area contributed by atoms with E-state index in [1.54, 1.807) is 0 Å². The molecule has 5 nitrogen and oxygen atoms in total. The van der Waals surface area contributed by atoms with E-state index < -0.39 is 0 Å². The molecule has 2 aliphatic rings. The Morgan fingerprint density at radius 2 is 1.65 bits per heavy atom. The first-order valence-corrected chi connectivity index (χ1v) is 7.58. The molecule has 0 radical (unpaired) electrons. The second kappa shape index (κ2) is 9.04. The van der Waals surface area contributed by atoms with Crippen LogP contribution in [0.1, 0.15) is 39.5 Å². The molecule has 0 aromatic heterocycles. The lowest BCUT2D eigenvalue weighted by atomic mass is 9.85. The van der Waals surface area contributed by atoms with Crippen LogP contribution in [0, 0.1) is 5.92 Å². The van der Waals surface area contributed by atoms with Crippen LogP contribution in [0.3, 0.4) is 0 Å². The summed E-state index contributed by atoms with van der Waals surface area (Å²) in [7, 11) is 0. The van der Waals surface area contributed by atoms with Crippen molar-refractivity contribution < 1.29 is 9.47 Å². The molecule has 2 rings (SSSR count). The van der Waals surface area contributed by atoms with Crippen molar-refractivity contribution in [2.75, 3.05) is 32.8 Å². The Hall–Kier alpha value is -0.0800. The molecule has 2 fully saturated rings. The molecular weight excluding hydrogens is 369 g/mol. The SMILES string of the molecule is CCNC(=NCC1CCC2(CC1)OCCO2)NCC.I. The summed E-state index contributed by atoms with van der Waals surface area (Å²) < 4.78 is 11.5. The average Bonchev–Trinajstić information content (AvgIpc) is 2.87. The summed E-state index contributed by atoms with van der Waals surface area (Å²) in [6.07, 6.45) is 4.33. The second-order valence-corrected chi connectivity index (χ2v) is 5.30. The number of hydrogen-bond acceptors (Lipinski definition) is 3. The van der Waals surface area contributed by atoms with E-state index in [0.717, 1.165) is 64.5 Å². The largest absolute Gasteiger partial charge is 0.357 e. The molecule has 1 aliphatic carbocycles. The maximum atomic E-state index is 5.75. The van der Waals surface area contributed by atoms with E-state index in [4.69, 9.17) is 9.47 Å². The molecule has 0 amide bonds. The summed E-state index contributed by atoms with van der Waals surface area (Å²) in [5.74, 6) is 1.34. The Labute approximate surface area is 139 Å². The van der Waals surface area contributed by atoms with Crippen LogP contribution >= 0.6 is 24.0 Å². The van der Waals surface area contributed by atoms with Crippen molar-refractivity contribution in [3.63, 3.8) is 0 Å². The lowest BCUT2D eigenvalue weighted by Crippen LogP contribution is -2.38. The zero-order valence-electron chi connectivity index (χ0n) is 12.6. The smallest absolute Gasteiger partial charge is 0.191 e. The van der Waals surface area contributed by atoms with Crippen LogP contribution in [-0.2, 0) is 9.47 Å². The number of halogens is 1. The first-order chi connectivity index (χ1) is 9.28. The minimum atomic E-state index is -0.244. The highest BCUT2D eigenvalue weighted by Crippen LogP contribution is 2.38. The van der Waals surface area contributed by atoms with Crippen molar-refractivity contribution in [3.8, 4) is 0 Å². The highest BCUT2D eigenvalue weighted by atomic mass is 127. The van der Waals surface area contributed by atoms with Gasteiger partial charge >= 0.3 is 0 Å². The summed E-state index contributed by atoms with van der Waals surface area (Å²) in [5, 5.41) is 6.52. The minimum absolute atomic E-state index is 0. The van der Waals surface area contributed by atoms with Gasteiger partial charge in [-0.1, -0.05) is 0 Å². The third-order valence-electron chi connectivity index (χ3n) is 3.88. The molecule has 118 valence electrons. The van der Waals surface area contributed by atoms with Gasteiger partial charge < -0.3 is 20.1 Å². The fourth-order valence-corrected chi connectivity index (χ4v) is 2.82. The average molecular weight is 397 g/mol. The molecule has 0 bridgehead atoms. The van der Waals surface area contributed by atoms with Gasteiger partial charge in [0.1, 0.15) is 0 Å². The molecule has 1 heterocycles. The number of guanidine groups is 1.